The molecule has 1 aliphatic heterocycles. The number of ether oxygens (including phenoxy) is 1. The molecule has 1 amide bonds. The maximum absolute atomic E-state index is 13.4. The van der Waals surface area contributed by atoms with Gasteiger partial charge in [-0.25, -0.2) is 0 Å². The van der Waals surface area contributed by atoms with E-state index in [1.54, 1.807) is 12.4 Å². The van der Waals surface area contributed by atoms with Crippen LogP contribution in [-0.4, -0.2) is 33.9 Å². The average molecular weight is 363 g/mol. The van der Waals surface area contributed by atoms with Crippen LogP contribution in [0.2, 0.25) is 0 Å². The van der Waals surface area contributed by atoms with Crippen molar-refractivity contribution < 1.29 is 9.53 Å². The first-order valence-corrected chi connectivity index (χ1v) is 9.72. The average Bonchev–Trinajstić information content (AvgIpc) is 2.97. The van der Waals surface area contributed by atoms with Crippen LogP contribution in [0.25, 0.3) is 10.9 Å². The number of hydrogen-bond acceptors (Lipinski definition) is 3. The van der Waals surface area contributed by atoms with E-state index in [-0.39, 0.29) is 11.9 Å². The number of nitrogens with one attached hydrogen (secondary N) is 1. The minimum atomic E-state index is 0.0628. The molecule has 0 bridgehead atoms. The second-order valence-electron chi connectivity index (χ2n) is 7.01. The van der Waals surface area contributed by atoms with Crippen molar-refractivity contribution in [2.24, 2.45) is 0 Å². The Labute approximate surface area is 159 Å². The smallest absolute Gasteiger partial charge is 0.270 e. The van der Waals surface area contributed by atoms with Gasteiger partial charge in [0.1, 0.15) is 11.4 Å². The zero-order valence-corrected chi connectivity index (χ0v) is 15.6. The number of aromatic amines is 1. The van der Waals surface area contributed by atoms with Crippen LogP contribution in [0.4, 0.5) is 0 Å². The van der Waals surface area contributed by atoms with Crippen molar-refractivity contribution in [3.05, 3.63) is 60.0 Å². The van der Waals surface area contributed by atoms with Gasteiger partial charge in [0.2, 0.25) is 0 Å². The zero-order chi connectivity index (χ0) is 18.6. The fourth-order valence-electron chi connectivity index (χ4n) is 3.92. The number of fused-ring (bicyclic) bond motifs is 1. The molecule has 3 aromatic rings. The van der Waals surface area contributed by atoms with E-state index in [2.05, 4.69) is 9.97 Å². The normalized spacial score (nSPS) is 17.7. The fourth-order valence-corrected chi connectivity index (χ4v) is 3.92. The number of hydrogen-bond donors (Lipinski definition) is 1. The number of carbonyl (C=O) groups excluding carboxylic acids is 1. The number of nitrogens with zero attached hydrogens (tertiary/aromatic N) is 2. The topological polar surface area (TPSA) is 58.2 Å². The van der Waals surface area contributed by atoms with E-state index in [0.29, 0.717) is 12.3 Å². The van der Waals surface area contributed by atoms with Crippen LogP contribution < -0.4 is 4.74 Å². The Balaban J connectivity index is 1.65. The minimum absolute atomic E-state index is 0.0628. The number of likely N-dealkylation sites (tertiary alicyclic amines) is 1. The van der Waals surface area contributed by atoms with Gasteiger partial charge in [0.05, 0.1) is 12.6 Å². The number of benzene rings is 1. The van der Waals surface area contributed by atoms with Crippen molar-refractivity contribution >= 4 is 16.8 Å². The van der Waals surface area contributed by atoms with E-state index in [0.717, 1.165) is 54.4 Å². The van der Waals surface area contributed by atoms with Gasteiger partial charge in [0, 0.05) is 35.9 Å². The third kappa shape index (κ3) is 3.68. The lowest BCUT2D eigenvalue weighted by atomic mass is 10.0. The molecule has 1 atom stereocenters. The van der Waals surface area contributed by atoms with Gasteiger partial charge in [-0.15, -0.1) is 0 Å². The van der Waals surface area contributed by atoms with E-state index in [1.165, 1.54) is 0 Å². The number of rotatable bonds is 4. The number of H-pyrrole nitrogens is 1. The molecule has 0 saturated carbocycles. The van der Waals surface area contributed by atoms with E-state index < -0.39 is 0 Å². The molecule has 0 aliphatic carbocycles. The third-order valence-electron chi connectivity index (χ3n) is 5.24. The van der Waals surface area contributed by atoms with Crippen molar-refractivity contribution in [3.8, 4) is 5.75 Å². The molecule has 0 radical (unpaired) electrons. The molecule has 5 heteroatoms. The van der Waals surface area contributed by atoms with E-state index >= 15 is 0 Å². The van der Waals surface area contributed by atoms with Crippen LogP contribution >= 0.6 is 0 Å². The molecule has 4 rings (SSSR count). The van der Waals surface area contributed by atoms with Crippen LogP contribution in [0.3, 0.4) is 0 Å². The largest absolute Gasteiger partial charge is 0.494 e. The summed E-state index contributed by atoms with van der Waals surface area (Å²) in [4.78, 5) is 22.8. The zero-order valence-electron chi connectivity index (χ0n) is 15.6. The van der Waals surface area contributed by atoms with Crippen LogP contribution in [-0.2, 0) is 0 Å². The molecule has 1 N–H and O–H groups in total. The summed E-state index contributed by atoms with van der Waals surface area (Å²) in [6, 6.07) is 12.0. The van der Waals surface area contributed by atoms with E-state index in [4.69, 9.17) is 4.74 Å². The Morgan fingerprint density at radius 3 is 2.85 bits per heavy atom. The molecule has 1 saturated heterocycles. The van der Waals surface area contributed by atoms with Gasteiger partial charge in [0.25, 0.3) is 5.91 Å². The second-order valence-corrected chi connectivity index (χ2v) is 7.01. The molecular formula is C22H25N3O2. The highest BCUT2D eigenvalue weighted by atomic mass is 16.5. The van der Waals surface area contributed by atoms with E-state index in [9.17, 15) is 4.79 Å². The number of pyridine rings is 1. The maximum atomic E-state index is 13.4. The van der Waals surface area contributed by atoms with Crippen LogP contribution in [0.5, 0.6) is 5.75 Å². The van der Waals surface area contributed by atoms with Gasteiger partial charge in [-0.2, -0.15) is 0 Å². The number of aromatic nitrogens is 2. The summed E-state index contributed by atoms with van der Waals surface area (Å²) in [6.07, 6.45) is 7.95. The summed E-state index contributed by atoms with van der Waals surface area (Å²) < 4.78 is 5.57. The fraction of sp³-hybridized carbons (Fsp3) is 0.364. The molecule has 3 heterocycles. The first kappa shape index (κ1) is 17.6. The van der Waals surface area contributed by atoms with Gasteiger partial charge in [-0.05, 0) is 55.7 Å². The SMILES string of the molecule is CCOc1ccc2cc(C(=O)N3CCCCCC3c3ccncc3)[nH]c2c1. The Kier molecular flexibility index (Phi) is 5.10. The van der Waals surface area contributed by atoms with Crippen molar-refractivity contribution in [2.75, 3.05) is 13.2 Å². The number of amides is 1. The maximum Gasteiger partial charge on any atom is 0.270 e. The highest BCUT2D eigenvalue weighted by Gasteiger charge is 2.28. The van der Waals surface area contributed by atoms with Crippen LogP contribution in [0.15, 0.2) is 48.8 Å². The second kappa shape index (κ2) is 7.82. The standard InChI is InChI=1S/C22H25N3O2/c1-2-27-18-8-7-17-14-20(24-19(17)15-18)22(26)25-13-5-3-4-6-21(25)16-9-11-23-12-10-16/h7-12,14-15,21,24H,2-6,13H2,1H3. The lowest BCUT2D eigenvalue weighted by molar-refractivity contribution is 0.0675. The molecule has 1 fully saturated rings. The molecular weight excluding hydrogens is 338 g/mol. The first-order valence-electron chi connectivity index (χ1n) is 9.72. The highest BCUT2D eigenvalue weighted by molar-refractivity contribution is 5.98. The Morgan fingerprint density at radius 1 is 1.19 bits per heavy atom. The van der Waals surface area contributed by atoms with Crippen molar-refractivity contribution in [3.63, 3.8) is 0 Å². The molecule has 5 nitrogen and oxygen atoms in total. The summed E-state index contributed by atoms with van der Waals surface area (Å²) in [6.45, 7) is 3.37. The Hall–Kier alpha value is -2.82. The van der Waals surface area contributed by atoms with Gasteiger partial charge < -0.3 is 14.6 Å². The Bertz CT molecular complexity index is 920. The van der Waals surface area contributed by atoms with Crippen molar-refractivity contribution in [1.82, 2.24) is 14.9 Å². The van der Waals surface area contributed by atoms with Crippen molar-refractivity contribution in [2.45, 2.75) is 38.6 Å². The van der Waals surface area contributed by atoms with Gasteiger partial charge in [-0.3, -0.25) is 9.78 Å². The van der Waals surface area contributed by atoms with E-state index in [1.807, 2.05) is 48.2 Å². The molecule has 1 aliphatic rings. The molecule has 0 spiro atoms. The molecule has 1 aromatic carbocycles. The van der Waals surface area contributed by atoms with Crippen LogP contribution in [0.1, 0.15) is 54.7 Å². The lowest BCUT2D eigenvalue weighted by Gasteiger charge is -2.30. The van der Waals surface area contributed by atoms with Gasteiger partial charge in [0.15, 0.2) is 0 Å². The third-order valence-corrected chi connectivity index (χ3v) is 5.24. The minimum Gasteiger partial charge on any atom is -0.494 e. The summed E-state index contributed by atoms with van der Waals surface area (Å²) in [5, 5.41) is 1.03. The summed E-state index contributed by atoms with van der Waals surface area (Å²) >= 11 is 0. The number of carbonyl (C=O) groups is 1. The lowest BCUT2D eigenvalue weighted by Crippen LogP contribution is -2.35. The van der Waals surface area contributed by atoms with Crippen molar-refractivity contribution in [1.29, 1.82) is 0 Å². The molecule has 2 aromatic heterocycles. The summed E-state index contributed by atoms with van der Waals surface area (Å²) in [5.74, 6) is 0.878. The molecule has 27 heavy (non-hydrogen) atoms. The van der Waals surface area contributed by atoms with Gasteiger partial charge in [-0.1, -0.05) is 12.8 Å². The summed E-state index contributed by atoms with van der Waals surface area (Å²) in [5.41, 5.74) is 2.73. The monoisotopic (exact) mass is 363 g/mol. The highest BCUT2D eigenvalue weighted by Crippen LogP contribution is 2.31. The molecule has 1 unspecified atom stereocenters. The summed E-state index contributed by atoms with van der Waals surface area (Å²) in [7, 11) is 0. The molecule has 140 valence electrons. The Morgan fingerprint density at radius 2 is 2.04 bits per heavy atom. The predicted octanol–water partition coefficient (Wildman–Crippen LogP) is 4.72. The predicted molar refractivity (Wildman–Crippen MR) is 106 cm³/mol. The van der Waals surface area contributed by atoms with Crippen LogP contribution in [0, 0.1) is 0 Å². The van der Waals surface area contributed by atoms with Gasteiger partial charge >= 0.3 is 0 Å². The first-order chi connectivity index (χ1) is 13.3. The quantitative estimate of drug-likeness (QED) is 0.730.